The van der Waals surface area contributed by atoms with E-state index in [0.29, 0.717) is 11.6 Å². The van der Waals surface area contributed by atoms with E-state index >= 15 is 0 Å². The van der Waals surface area contributed by atoms with Gasteiger partial charge in [0.15, 0.2) is 0 Å². The molecule has 1 aliphatic rings. The molecule has 0 bridgehead atoms. The van der Waals surface area contributed by atoms with Crippen LogP contribution in [0, 0.1) is 5.92 Å². The monoisotopic (exact) mass is 326 g/mol. The Labute approximate surface area is 135 Å². The third-order valence-electron chi connectivity index (χ3n) is 3.91. The standard InChI is InChI=1S/C15H23ClN4O2/c1-11(9-20-10-13(16)8-17-20)14(21)18-12(2)15(22)19-6-4-3-5-7-19/h8,10-12H,3-7,9H2,1-2H3,(H,18,21). The van der Waals surface area contributed by atoms with Crippen molar-refractivity contribution >= 4 is 23.4 Å². The summed E-state index contributed by atoms with van der Waals surface area (Å²) in [7, 11) is 0. The molecule has 2 atom stereocenters. The van der Waals surface area contributed by atoms with Gasteiger partial charge in [-0.25, -0.2) is 0 Å². The first-order valence-corrected chi connectivity index (χ1v) is 8.12. The van der Waals surface area contributed by atoms with Crippen LogP contribution >= 0.6 is 11.6 Å². The third-order valence-corrected chi connectivity index (χ3v) is 4.10. The van der Waals surface area contributed by atoms with E-state index in [1.54, 1.807) is 17.8 Å². The lowest BCUT2D eigenvalue weighted by molar-refractivity contribution is -0.137. The van der Waals surface area contributed by atoms with Gasteiger partial charge in [0.1, 0.15) is 6.04 Å². The lowest BCUT2D eigenvalue weighted by Gasteiger charge is -2.29. The molecular weight excluding hydrogens is 304 g/mol. The second-order valence-corrected chi connectivity index (χ2v) is 6.33. The summed E-state index contributed by atoms with van der Waals surface area (Å²) in [6.45, 7) is 5.57. The summed E-state index contributed by atoms with van der Waals surface area (Å²) >= 11 is 5.80. The number of hydrogen-bond acceptors (Lipinski definition) is 3. The minimum atomic E-state index is -0.491. The topological polar surface area (TPSA) is 67.2 Å². The van der Waals surface area contributed by atoms with E-state index in [4.69, 9.17) is 11.6 Å². The van der Waals surface area contributed by atoms with Crippen molar-refractivity contribution in [1.29, 1.82) is 0 Å². The second-order valence-electron chi connectivity index (χ2n) is 5.90. The molecule has 2 heterocycles. The van der Waals surface area contributed by atoms with E-state index in [1.165, 1.54) is 12.6 Å². The molecule has 6 nitrogen and oxygen atoms in total. The molecule has 0 aromatic carbocycles. The molecule has 0 aliphatic carbocycles. The first-order chi connectivity index (χ1) is 10.5. The van der Waals surface area contributed by atoms with Crippen molar-refractivity contribution in [1.82, 2.24) is 20.0 Å². The molecule has 1 fully saturated rings. The molecule has 122 valence electrons. The van der Waals surface area contributed by atoms with Crippen molar-refractivity contribution in [2.75, 3.05) is 13.1 Å². The van der Waals surface area contributed by atoms with Crippen molar-refractivity contribution in [2.45, 2.75) is 45.7 Å². The molecule has 0 radical (unpaired) electrons. The SMILES string of the molecule is CC(Cn1cc(Cl)cn1)C(=O)NC(C)C(=O)N1CCCCC1. The van der Waals surface area contributed by atoms with Gasteiger partial charge in [-0.3, -0.25) is 14.3 Å². The molecule has 22 heavy (non-hydrogen) atoms. The molecule has 0 saturated carbocycles. The Morgan fingerprint density at radius 2 is 2.00 bits per heavy atom. The van der Waals surface area contributed by atoms with Crippen molar-refractivity contribution in [3.8, 4) is 0 Å². The minimum Gasteiger partial charge on any atom is -0.344 e. The molecule has 7 heteroatoms. The maximum absolute atomic E-state index is 12.3. The largest absolute Gasteiger partial charge is 0.344 e. The number of amides is 2. The van der Waals surface area contributed by atoms with Gasteiger partial charge in [0.2, 0.25) is 11.8 Å². The fourth-order valence-electron chi connectivity index (χ4n) is 2.61. The van der Waals surface area contributed by atoms with Crippen LogP contribution in [0.25, 0.3) is 0 Å². The Morgan fingerprint density at radius 1 is 1.32 bits per heavy atom. The Morgan fingerprint density at radius 3 is 2.59 bits per heavy atom. The number of halogens is 1. The van der Waals surface area contributed by atoms with E-state index in [9.17, 15) is 9.59 Å². The molecule has 1 saturated heterocycles. The van der Waals surface area contributed by atoms with Crippen molar-refractivity contribution in [2.24, 2.45) is 5.92 Å². The number of nitrogens with one attached hydrogen (secondary N) is 1. The molecule has 2 rings (SSSR count). The number of carbonyl (C=O) groups is 2. The predicted octanol–water partition coefficient (Wildman–Crippen LogP) is 1.69. The summed E-state index contributed by atoms with van der Waals surface area (Å²) in [5, 5.41) is 7.40. The molecule has 2 amide bonds. The van der Waals surface area contributed by atoms with E-state index in [1.807, 2.05) is 11.8 Å². The fraction of sp³-hybridized carbons (Fsp3) is 0.667. The van der Waals surface area contributed by atoms with E-state index in [0.717, 1.165) is 25.9 Å². The molecule has 0 spiro atoms. The number of aromatic nitrogens is 2. The molecule has 1 aliphatic heterocycles. The molecule has 2 unspecified atom stereocenters. The van der Waals surface area contributed by atoms with Gasteiger partial charge in [0.25, 0.3) is 0 Å². The Hall–Kier alpha value is -1.56. The highest BCUT2D eigenvalue weighted by atomic mass is 35.5. The summed E-state index contributed by atoms with van der Waals surface area (Å²) in [6, 6.07) is -0.491. The van der Waals surface area contributed by atoms with Crippen LogP contribution < -0.4 is 5.32 Å². The average molecular weight is 327 g/mol. The van der Waals surface area contributed by atoms with Crippen LogP contribution in [0.5, 0.6) is 0 Å². The van der Waals surface area contributed by atoms with Crippen LogP contribution in [-0.2, 0) is 16.1 Å². The highest BCUT2D eigenvalue weighted by Gasteiger charge is 2.25. The minimum absolute atomic E-state index is 0.00221. The van der Waals surface area contributed by atoms with Gasteiger partial charge in [-0.2, -0.15) is 5.10 Å². The van der Waals surface area contributed by atoms with Crippen LogP contribution in [-0.4, -0.2) is 45.6 Å². The number of hydrogen-bond donors (Lipinski definition) is 1. The van der Waals surface area contributed by atoms with Gasteiger partial charge in [-0.05, 0) is 26.2 Å². The molecule has 1 aromatic rings. The fourth-order valence-corrected chi connectivity index (χ4v) is 2.76. The quantitative estimate of drug-likeness (QED) is 0.895. The number of carbonyl (C=O) groups excluding carboxylic acids is 2. The van der Waals surface area contributed by atoms with Gasteiger partial charge in [0, 0.05) is 19.3 Å². The maximum atomic E-state index is 12.3. The molecular formula is C15H23ClN4O2. The molecule has 1 aromatic heterocycles. The van der Waals surface area contributed by atoms with Crippen molar-refractivity contribution in [3.63, 3.8) is 0 Å². The van der Waals surface area contributed by atoms with Crippen molar-refractivity contribution in [3.05, 3.63) is 17.4 Å². The summed E-state index contributed by atoms with van der Waals surface area (Å²) < 4.78 is 1.63. The van der Waals surface area contributed by atoms with E-state index < -0.39 is 6.04 Å². The zero-order valence-electron chi connectivity index (χ0n) is 13.1. The maximum Gasteiger partial charge on any atom is 0.244 e. The first-order valence-electron chi connectivity index (χ1n) is 7.74. The van der Waals surface area contributed by atoms with Crippen LogP contribution in [0.1, 0.15) is 33.1 Å². The zero-order chi connectivity index (χ0) is 16.1. The van der Waals surface area contributed by atoms with Crippen LogP contribution in [0.4, 0.5) is 0 Å². The Balaban J connectivity index is 1.83. The van der Waals surface area contributed by atoms with Gasteiger partial charge < -0.3 is 10.2 Å². The first kappa shape index (κ1) is 16.8. The number of piperidine rings is 1. The summed E-state index contributed by atoms with van der Waals surface area (Å²) in [6.07, 6.45) is 6.47. The summed E-state index contributed by atoms with van der Waals surface area (Å²) in [4.78, 5) is 26.3. The van der Waals surface area contributed by atoms with Gasteiger partial charge in [-0.15, -0.1) is 0 Å². The second kappa shape index (κ2) is 7.63. The number of nitrogens with zero attached hydrogens (tertiary/aromatic N) is 3. The third kappa shape index (κ3) is 4.47. The Kier molecular flexibility index (Phi) is 5.83. The highest BCUT2D eigenvalue weighted by Crippen LogP contribution is 2.11. The number of likely N-dealkylation sites (tertiary alicyclic amines) is 1. The highest BCUT2D eigenvalue weighted by molar-refractivity contribution is 6.30. The molecule has 1 N–H and O–H groups in total. The van der Waals surface area contributed by atoms with Gasteiger partial charge in [-0.1, -0.05) is 18.5 Å². The zero-order valence-corrected chi connectivity index (χ0v) is 13.8. The summed E-state index contributed by atoms with van der Waals surface area (Å²) in [5.74, 6) is -0.431. The van der Waals surface area contributed by atoms with Gasteiger partial charge >= 0.3 is 0 Å². The van der Waals surface area contributed by atoms with E-state index in [2.05, 4.69) is 10.4 Å². The summed E-state index contributed by atoms with van der Waals surface area (Å²) in [5.41, 5.74) is 0. The smallest absolute Gasteiger partial charge is 0.244 e. The predicted molar refractivity (Wildman–Crippen MR) is 84.4 cm³/mol. The Bertz CT molecular complexity index is 525. The van der Waals surface area contributed by atoms with Crippen LogP contribution in [0.3, 0.4) is 0 Å². The normalized spacial score (nSPS) is 17.9. The van der Waals surface area contributed by atoms with Crippen molar-refractivity contribution < 1.29 is 9.59 Å². The van der Waals surface area contributed by atoms with E-state index in [-0.39, 0.29) is 17.7 Å². The lowest BCUT2D eigenvalue weighted by Crippen LogP contribution is -2.49. The lowest BCUT2D eigenvalue weighted by atomic mass is 10.1. The number of rotatable bonds is 5. The average Bonchev–Trinajstić information content (AvgIpc) is 2.92. The van der Waals surface area contributed by atoms with Crippen LogP contribution in [0.15, 0.2) is 12.4 Å². The van der Waals surface area contributed by atoms with Crippen LogP contribution in [0.2, 0.25) is 5.02 Å². The van der Waals surface area contributed by atoms with Gasteiger partial charge in [0.05, 0.1) is 23.7 Å².